The van der Waals surface area contributed by atoms with Gasteiger partial charge in [0.15, 0.2) is 5.03 Å². The predicted molar refractivity (Wildman–Crippen MR) is 192 cm³/mol. The molecule has 11 nitrogen and oxygen atoms in total. The molecule has 16 heteroatoms. The van der Waals surface area contributed by atoms with Gasteiger partial charge in [0.2, 0.25) is 6.10 Å². The summed E-state index contributed by atoms with van der Waals surface area (Å²) in [5.41, 5.74) is 1.24. The second kappa shape index (κ2) is 16.1. The van der Waals surface area contributed by atoms with Gasteiger partial charge in [-0.25, -0.2) is 15.1 Å². The van der Waals surface area contributed by atoms with E-state index in [0.717, 1.165) is 5.56 Å². The van der Waals surface area contributed by atoms with Gasteiger partial charge in [-0.3, -0.25) is 4.79 Å². The van der Waals surface area contributed by atoms with Crippen LogP contribution in [0.1, 0.15) is 31.1 Å². The number of alkyl halides is 4. The lowest BCUT2D eigenvalue weighted by atomic mass is 10.1. The lowest BCUT2D eigenvalue weighted by Gasteiger charge is -2.21. The molecule has 1 unspecified atom stereocenters. The number of guanidine groups is 1. The van der Waals surface area contributed by atoms with Gasteiger partial charge in [-0.05, 0) is 47.2 Å². The van der Waals surface area contributed by atoms with Gasteiger partial charge >= 0.3 is 5.97 Å². The number of halogens is 5. The van der Waals surface area contributed by atoms with E-state index >= 15 is 0 Å². The van der Waals surface area contributed by atoms with Crippen molar-refractivity contribution < 1.29 is 19.3 Å². The summed E-state index contributed by atoms with van der Waals surface area (Å²) in [6.45, 7) is 5.88. The second-order valence-corrected chi connectivity index (χ2v) is 19.5. The van der Waals surface area contributed by atoms with Gasteiger partial charge < -0.3 is 19.7 Å². The van der Waals surface area contributed by atoms with Gasteiger partial charge in [0.25, 0.3) is 5.96 Å². The molecule has 4 atom stereocenters. The number of rotatable bonds is 9. The zero-order valence-corrected chi connectivity index (χ0v) is 32.1. The first-order valence-corrected chi connectivity index (χ1v) is 17.8. The van der Waals surface area contributed by atoms with Crippen molar-refractivity contribution in [3.8, 4) is 17.6 Å². The molecule has 1 saturated carbocycles. The summed E-state index contributed by atoms with van der Waals surface area (Å²) in [6.07, 6.45) is 0.633. The maximum Gasteiger partial charge on any atom is 0.311 e. The fourth-order valence-corrected chi connectivity index (χ4v) is 7.12. The van der Waals surface area contributed by atoms with Crippen molar-refractivity contribution in [2.45, 2.75) is 33.5 Å². The number of ether oxygens (including phenoxy) is 2. The number of hydrogen-bond donors (Lipinski definition) is 1. The van der Waals surface area contributed by atoms with Crippen LogP contribution in [0.15, 0.2) is 78.0 Å². The third-order valence-corrected chi connectivity index (χ3v) is 12.4. The Balaban J connectivity index is 0.000000248. The van der Waals surface area contributed by atoms with E-state index in [4.69, 9.17) is 21.1 Å². The molecule has 1 aliphatic heterocycles. The Morgan fingerprint density at radius 3 is 2.53 bits per heavy atom. The maximum atomic E-state index is 12.9. The van der Waals surface area contributed by atoms with E-state index in [1.807, 2.05) is 50.2 Å². The molecule has 2 fully saturated rings. The van der Waals surface area contributed by atoms with Crippen molar-refractivity contribution in [1.82, 2.24) is 15.2 Å². The summed E-state index contributed by atoms with van der Waals surface area (Å²) in [7, 11) is 0. The average molecular weight is 921 g/mol. The number of benzene rings is 2. The number of pyridine rings is 1. The van der Waals surface area contributed by atoms with Gasteiger partial charge in [-0.15, -0.1) is 0 Å². The van der Waals surface area contributed by atoms with Gasteiger partial charge in [0, 0.05) is 31.4 Å². The predicted octanol–water partition coefficient (Wildman–Crippen LogP) is 8.15. The lowest BCUT2D eigenvalue weighted by molar-refractivity contribution is -0.485. The topological polar surface area (TPSA) is 143 Å². The van der Waals surface area contributed by atoms with Crippen LogP contribution in [0.25, 0.3) is 0 Å². The quantitative estimate of drug-likeness (QED) is 0.0740. The molecular weight excluding hydrogens is 891 g/mol. The molecule has 0 radical (unpaired) electrons. The minimum atomic E-state index is -1.01. The third kappa shape index (κ3) is 10.1. The first kappa shape index (κ1) is 37.1. The number of hydrogen-bond acceptors (Lipinski definition) is 7. The molecule has 0 bridgehead atoms. The molecule has 47 heavy (non-hydrogen) atoms. The number of nitrogens with zero attached hydrogens (tertiary/aromatic N) is 5. The molecule has 2 heterocycles. The number of nitro groups is 1. The standard InChI is InChI=1S/C22H19Br4NO3.C9H10ClN5O2/c1-21(2)17(19(23)22(24,25)26)18(21)20(28)30-16(12-27)13-7-6-10-15(11-13)29-14-8-4-3-5-9-14;10-8-2-1-7(5-12-8)6-14-4-3-11-9(14)13-15(16)17/h3-11,16-19H,1-2H3;1-2,5H,3-4,6H2,(H,11,13)/t16-,17-,18+,19?;/m1./s1. The molecule has 1 N–H and O–H groups in total. The Bertz CT molecular complexity index is 1640. The Morgan fingerprint density at radius 2 is 1.91 bits per heavy atom. The van der Waals surface area contributed by atoms with Crippen LogP contribution in [0.3, 0.4) is 0 Å². The van der Waals surface area contributed by atoms with Crippen LogP contribution in [-0.4, -0.2) is 46.9 Å². The lowest BCUT2D eigenvalue weighted by Crippen LogP contribution is -2.30. The van der Waals surface area contributed by atoms with Crippen molar-refractivity contribution in [2.75, 3.05) is 13.1 Å². The highest BCUT2D eigenvalue weighted by Gasteiger charge is 2.67. The Kier molecular flexibility index (Phi) is 12.7. The number of nitrogens with one attached hydrogen (secondary N) is 1. The molecule has 1 saturated heterocycles. The molecule has 5 rings (SSSR count). The van der Waals surface area contributed by atoms with E-state index in [-0.39, 0.29) is 34.0 Å². The molecule has 2 aromatic carbocycles. The van der Waals surface area contributed by atoms with Gasteiger partial charge in [-0.1, -0.05) is 126 Å². The highest BCUT2D eigenvalue weighted by atomic mass is 80.0. The smallest absolute Gasteiger partial charge is 0.311 e. The summed E-state index contributed by atoms with van der Waals surface area (Å²) < 4.78 is 10.9. The fourth-order valence-electron chi connectivity index (χ4n) is 5.17. The highest BCUT2D eigenvalue weighted by Crippen LogP contribution is 2.66. The van der Waals surface area contributed by atoms with Crippen LogP contribution in [0.4, 0.5) is 0 Å². The zero-order chi connectivity index (χ0) is 34.4. The largest absolute Gasteiger partial charge is 0.457 e. The van der Waals surface area contributed by atoms with Crippen LogP contribution < -0.4 is 10.1 Å². The molecule has 1 aliphatic carbocycles. The number of nitriles is 1. The molecule has 2 aliphatic rings. The number of esters is 1. The van der Waals surface area contributed by atoms with E-state index in [2.05, 4.69) is 85.2 Å². The van der Waals surface area contributed by atoms with Crippen molar-refractivity contribution in [3.05, 3.63) is 99.3 Å². The van der Waals surface area contributed by atoms with E-state index in [9.17, 15) is 20.2 Å². The van der Waals surface area contributed by atoms with E-state index in [1.165, 1.54) is 0 Å². The van der Waals surface area contributed by atoms with Crippen LogP contribution in [0.2, 0.25) is 5.15 Å². The van der Waals surface area contributed by atoms with Gasteiger partial charge in [0.1, 0.15) is 30.0 Å². The van der Waals surface area contributed by atoms with Crippen molar-refractivity contribution in [1.29, 1.82) is 5.26 Å². The normalized spacial score (nSPS) is 20.1. The first-order chi connectivity index (χ1) is 22.2. The monoisotopic (exact) mass is 916 g/mol. The number of aromatic nitrogens is 1. The summed E-state index contributed by atoms with van der Waals surface area (Å²) in [5, 5.41) is 25.8. The Morgan fingerprint density at radius 1 is 1.21 bits per heavy atom. The zero-order valence-electron chi connectivity index (χ0n) is 25.0. The summed E-state index contributed by atoms with van der Waals surface area (Å²) >= 11 is 19.9. The average Bonchev–Trinajstić information content (AvgIpc) is 3.34. The number of hydrazone groups is 1. The third-order valence-electron chi connectivity index (χ3n) is 7.59. The van der Waals surface area contributed by atoms with Crippen molar-refractivity contribution >= 4 is 87.2 Å². The van der Waals surface area contributed by atoms with Crippen LogP contribution in [-0.2, 0) is 16.1 Å². The van der Waals surface area contributed by atoms with E-state index in [1.54, 1.807) is 41.4 Å². The van der Waals surface area contributed by atoms with Crippen LogP contribution in [0.5, 0.6) is 11.5 Å². The molecular formula is C31H29Br4ClN6O5. The number of carbonyl (C=O) groups is 1. The molecule has 3 aromatic rings. The minimum absolute atomic E-state index is 0.0233. The molecule has 0 amide bonds. The van der Waals surface area contributed by atoms with Gasteiger partial charge in [-0.2, -0.15) is 5.26 Å². The molecule has 248 valence electrons. The van der Waals surface area contributed by atoms with E-state index in [0.29, 0.717) is 41.8 Å². The van der Waals surface area contributed by atoms with Crippen LogP contribution in [0, 0.1) is 38.7 Å². The summed E-state index contributed by atoms with van der Waals surface area (Å²) in [4.78, 5) is 28.9. The van der Waals surface area contributed by atoms with E-state index < -0.39 is 13.3 Å². The maximum absolute atomic E-state index is 12.9. The first-order valence-electron chi connectivity index (χ1n) is 14.2. The van der Waals surface area contributed by atoms with Crippen molar-refractivity contribution in [2.24, 2.45) is 22.4 Å². The number of para-hydroxylation sites is 1. The highest BCUT2D eigenvalue weighted by molar-refractivity contribution is 9.40. The van der Waals surface area contributed by atoms with Crippen LogP contribution >= 0.6 is 75.3 Å². The Labute approximate surface area is 310 Å². The number of carbonyl (C=O) groups excluding carboxylic acids is 1. The fraction of sp³-hybridized carbons (Fsp3) is 0.355. The second-order valence-electron chi connectivity index (χ2n) is 11.2. The molecule has 0 spiro atoms. The SMILES string of the molecule is CC1(C)[C@H](C(=O)O[C@H](C#N)c2cccc(Oc3ccccc3)c2)[C@@H]1C(Br)C(Br)(Br)Br.O=[N+]([O-])/N=C1\NCCN1Cc1ccc(Cl)nc1. The molecule has 1 aromatic heterocycles. The summed E-state index contributed by atoms with van der Waals surface area (Å²) in [5.74, 6) is 0.859. The Hall–Kier alpha value is -2.77. The van der Waals surface area contributed by atoms with Gasteiger partial charge in [0.05, 0.1) is 10.7 Å². The summed E-state index contributed by atoms with van der Waals surface area (Å²) in [6, 6.07) is 22.0. The minimum Gasteiger partial charge on any atom is -0.457 e. The van der Waals surface area contributed by atoms with Crippen molar-refractivity contribution in [3.63, 3.8) is 0 Å².